The van der Waals surface area contributed by atoms with Crippen molar-refractivity contribution in [2.45, 2.75) is 0 Å². The third-order valence-corrected chi connectivity index (χ3v) is 5.78. The quantitative estimate of drug-likeness (QED) is 0.413. The van der Waals surface area contributed by atoms with Crippen LogP contribution in [0.1, 0.15) is 21.5 Å². The minimum atomic E-state index is -0.466. The first-order valence-electron chi connectivity index (χ1n) is 9.73. The summed E-state index contributed by atoms with van der Waals surface area (Å²) in [5, 5.41) is 4.03. The lowest BCUT2D eigenvalue weighted by Crippen LogP contribution is -2.22. The number of esters is 1. The third-order valence-electron chi connectivity index (χ3n) is 5.78. The van der Waals surface area contributed by atoms with Crippen molar-refractivity contribution < 1.29 is 19.1 Å². The van der Waals surface area contributed by atoms with Crippen LogP contribution in [0.3, 0.4) is 0 Å². The summed E-state index contributed by atoms with van der Waals surface area (Å²) in [7, 11) is 5.08. The van der Waals surface area contributed by atoms with Crippen molar-refractivity contribution in [2.75, 3.05) is 7.11 Å². The average Bonchev–Trinajstić information content (AvgIpc) is 3.37. The number of benzene rings is 2. The summed E-state index contributed by atoms with van der Waals surface area (Å²) in [6.07, 6.45) is 3.67. The third kappa shape index (κ3) is 2.70. The predicted octanol–water partition coefficient (Wildman–Crippen LogP) is 3.02. The maximum atomic E-state index is 12.9. The molecule has 0 saturated carbocycles. The first-order chi connectivity index (χ1) is 14.9. The van der Waals surface area contributed by atoms with Gasteiger partial charge in [0.1, 0.15) is 0 Å². The number of ether oxygens (including phenoxy) is 1. The van der Waals surface area contributed by atoms with Crippen LogP contribution in [0.25, 0.3) is 33.0 Å². The molecule has 0 saturated heterocycles. The van der Waals surface area contributed by atoms with Crippen molar-refractivity contribution in [1.29, 1.82) is 0 Å². The number of fused-ring (bicyclic) bond motifs is 2. The number of imide groups is 1. The number of hydrogen-bond acceptors (Lipinski definition) is 4. The minimum absolute atomic E-state index is 0.300. The van der Waals surface area contributed by atoms with E-state index in [1.807, 2.05) is 59.9 Å². The lowest BCUT2D eigenvalue weighted by atomic mass is 9.95. The SMILES string of the molecule is COC(=O)c1ccc2c(c1)c(C1=C(c3cn(C)c4ccccc34)C(=O)NC1=O)cn2C. The molecule has 0 bridgehead atoms. The van der Waals surface area contributed by atoms with Gasteiger partial charge in [-0.2, -0.15) is 0 Å². The first kappa shape index (κ1) is 18.9. The molecular formula is C24H19N3O4. The predicted molar refractivity (Wildman–Crippen MR) is 117 cm³/mol. The van der Waals surface area contributed by atoms with Crippen molar-refractivity contribution in [2.24, 2.45) is 14.1 Å². The lowest BCUT2D eigenvalue weighted by molar-refractivity contribution is -0.122. The Kier molecular flexibility index (Phi) is 4.08. The molecule has 0 aliphatic carbocycles. The molecule has 2 aromatic heterocycles. The Morgan fingerprint density at radius 3 is 2.06 bits per heavy atom. The van der Waals surface area contributed by atoms with Gasteiger partial charge < -0.3 is 13.9 Å². The van der Waals surface area contributed by atoms with Gasteiger partial charge in [0, 0.05) is 59.4 Å². The molecule has 0 radical (unpaired) electrons. The van der Waals surface area contributed by atoms with Gasteiger partial charge in [0.2, 0.25) is 0 Å². The fourth-order valence-electron chi connectivity index (χ4n) is 4.35. The van der Waals surface area contributed by atoms with Gasteiger partial charge in [-0.3, -0.25) is 14.9 Å². The van der Waals surface area contributed by atoms with E-state index in [9.17, 15) is 14.4 Å². The Morgan fingerprint density at radius 2 is 1.42 bits per heavy atom. The molecule has 1 aliphatic rings. The highest BCUT2D eigenvalue weighted by Gasteiger charge is 2.35. The van der Waals surface area contributed by atoms with E-state index in [1.54, 1.807) is 18.2 Å². The molecule has 31 heavy (non-hydrogen) atoms. The second-order valence-electron chi connectivity index (χ2n) is 7.58. The normalized spacial score (nSPS) is 14.0. The fraction of sp³-hybridized carbons (Fsp3) is 0.125. The van der Waals surface area contributed by atoms with Crippen molar-refractivity contribution in [3.8, 4) is 0 Å². The molecule has 2 aromatic carbocycles. The van der Waals surface area contributed by atoms with Crippen molar-refractivity contribution in [3.05, 3.63) is 71.5 Å². The summed E-state index contributed by atoms with van der Waals surface area (Å²) >= 11 is 0. The smallest absolute Gasteiger partial charge is 0.337 e. The number of methoxy groups -OCH3 is 1. The van der Waals surface area contributed by atoms with Crippen molar-refractivity contribution in [1.82, 2.24) is 14.5 Å². The van der Waals surface area contributed by atoms with Gasteiger partial charge in [-0.1, -0.05) is 18.2 Å². The molecule has 0 unspecified atom stereocenters. The number of amides is 2. The standard InChI is InChI=1S/C24H19N3O4/c1-26-11-16(14-6-4-5-7-18(14)26)20-21(23(29)25-22(20)28)17-12-27(2)19-9-8-13(10-15(17)19)24(30)31-3/h4-12H,1-3H3,(H,25,28,29). The van der Waals surface area contributed by atoms with Crippen LogP contribution in [-0.2, 0) is 28.4 Å². The molecule has 1 N–H and O–H groups in total. The van der Waals surface area contributed by atoms with Gasteiger partial charge in [-0.15, -0.1) is 0 Å². The summed E-state index contributed by atoms with van der Waals surface area (Å²) in [6, 6.07) is 12.9. The summed E-state index contributed by atoms with van der Waals surface area (Å²) in [6.45, 7) is 0. The van der Waals surface area contributed by atoms with E-state index in [4.69, 9.17) is 4.74 Å². The Balaban J connectivity index is 1.84. The Morgan fingerprint density at radius 1 is 0.839 bits per heavy atom. The zero-order valence-corrected chi connectivity index (χ0v) is 17.2. The average molecular weight is 413 g/mol. The Hall–Kier alpha value is -4.13. The lowest BCUT2D eigenvalue weighted by Gasteiger charge is -2.04. The molecule has 7 nitrogen and oxygen atoms in total. The van der Waals surface area contributed by atoms with Crippen LogP contribution >= 0.6 is 0 Å². The van der Waals surface area contributed by atoms with Gasteiger partial charge in [-0.25, -0.2) is 4.79 Å². The molecule has 0 atom stereocenters. The highest BCUT2D eigenvalue weighted by molar-refractivity contribution is 6.50. The van der Waals surface area contributed by atoms with Crippen LogP contribution in [0.5, 0.6) is 0 Å². The number of carbonyl (C=O) groups excluding carboxylic acids is 3. The van der Waals surface area contributed by atoms with Gasteiger partial charge in [0.05, 0.1) is 23.8 Å². The van der Waals surface area contributed by atoms with Gasteiger partial charge in [0.15, 0.2) is 0 Å². The summed E-state index contributed by atoms with van der Waals surface area (Å²) < 4.78 is 8.65. The minimum Gasteiger partial charge on any atom is -0.465 e. The molecule has 5 rings (SSSR count). The maximum Gasteiger partial charge on any atom is 0.337 e. The molecule has 1 aliphatic heterocycles. The number of para-hydroxylation sites is 1. The number of nitrogens with one attached hydrogen (secondary N) is 1. The van der Waals surface area contributed by atoms with Crippen molar-refractivity contribution >= 4 is 50.7 Å². The summed E-state index contributed by atoms with van der Waals surface area (Å²) in [5.41, 5.74) is 4.08. The number of aryl methyl sites for hydroxylation is 2. The highest BCUT2D eigenvalue weighted by atomic mass is 16.5. The molecule has 2 amide bonds. The molecule has 4 aromatic rings. The zero-order chi connectivity index (χ0) is 21.9. The van der Waals surface area contributed by atoms with E-state index in [1.165, 1.54) is 7.11 Å². The molecule has 3 heterocycles. The van der Waals surface area contributed by atoms with Gasteiger partial charge in [0.25, 0.3) is 11.8 Å². The molecule has 0 spiro atoms. The first-order valence-corrected chi connectivity index (χ1v) is 9.73. The van der Waals surface area contributed by atoms with Crippen LogP contribution in [0.2, 0.25) is 0 Å². The number of hydrogen-bond donors (Lipinski definition) is 1. The molecular weight excluding hydrogens is 394 g/mol. The van der Waals surface area contributed by atoms with Crippen LogP contribution in [-0.4, -0.2) is 34.0 Å². The molecule has 0 fully saturated rings. The monoisotopic (exact) mass is 413 g/mol. The van der Waals surface area contributed by atoms with Crippen LogP contribution in [0.4, 0.5) is 0 Å². The summed E-state index contributed by atoms with van der Waals surface area (Å²) in [4.78, 5) is 37.9. The second kappa shape index (κ2) is 6.70. The van der Waals surface area contributed by atoms with E-state index in [-0.39, 0.29) is 0 Å². The fourth-order valence-corrected chi connectivity index (χ4v) is 4.35. The Bertz CT molecular complexity index is 1470. The van der Waals surface area contributed by atoms with Crippen LogP contribution in [0, 0.1) is 0 Å². The number of carbonyl (C=O) groups is 3. The summed E-state index contributed by atoms with van der Waals surface area (Å²) in [5.74, 6) is -1.35. The van der Waals surface area contributed by atoms with E-state index >= 15 is 0 Å². The van der Waals surface area contributed by atoms with E-state index in [2.05, 4.69) is 5.32 Å². The maximum absolute atomic E-state index is 12.9. The van der Waals surface area contributed by atoms with Gasteiger partial charge in [-0.05, 0) is 24.3 Å². The topological polar surface area (TPSA) is 82.3 Å². The van der Waals surface area contributed by atoms with Crippen molar-refractivity contribution in [3.63, 3.8) is 0 Å². The number of aromatic nitrogens is 2. The van der Waals surface area contributed by atoms with E-state index in [0.29, 0.717) is 33.2 Å². The van der Waals surface area contributed by atoms with Crippen LogP contribution in [0.15, 0.2) is 54.9 Å². The Labute approximate surface area is 177 Å². The van der Waals surface area contributed by atoms with E-state index in [0.717, 1.165) is 16.4 Å². The molecule has 154 valence electrons. The van der Waals surface area contributed by atoms with Crippen LogP contribution < -0.4 is 5.32 Å². The molecule has 7 heteroatoms. The van der Waals surface area contributed by atoms with E-state index < -0.39 is 17.8 Å². The highest BCUT2D eigenvalue weighted by Crippen LogP contribution is 2.38. The number of rotatable bonds is 3. The number of nitrogens with zero attached hydrogens (tertiary/aromatic N) is 2. The largest absolute Gasteiger partial charge is 0.465 e. The second-order valence-corrected chi connectivity index (χ2v) is 7.58. The van der Waals surface area contributed by atoms with Gasteiger partial charge >= 0.3 is 5.97 Å². The zero-order valence-electron chi connectivity index (χ0n) is 17.2.